The fraction of sp³-hybridized carbons (Fsp3) is 0.667. The average Bonchev–Trinajstić information content (AvgIpc) is 3.17. The third-order valence-corrected chi connectivity index (χ3v) is 6.30. The molecule has 3 saturated heterocycles. The van der Waals surface area contributed by atoms with Crippen LogP contribution in [0, 0.1) is 0 Å². The lowest BCUT2D eigenvalue weighted by atomic mass is 9.97. The van der Waals surface area contributed by atoms with E-state index >= 15 is 0 Å². The molecular formula is C21H28F3N3O3. The van der Waals surface area contributed by atoms with Crippen molar-refractivity contribution in [2.45, 2.75) is 63.3 Å². The topological polar surface area (TPSA) is 54.0 Å². The first-order valence-electron chi connectivity index (χ1n) is 10.5. The molecule has 3 aliphatic heterocycles. The van der Waals surface area contributed by atoms with Crippen LogP contribution in [0.25, 0.3) is 0 Å². The third kappa shape index (κ3) is 4.90. The van der Waals surface area contributed by atoms with E-state index in [1.807, 2.05) is 6.07 Å². The van der Waals surface area contributed by atoms with Crippen molar-refractivity contribution < 1.29 is 27.4 Å². The van der Waals surface area contributed by atoms with E-state index < -0.39 is 6.36 Å². The van der Waals surface area contributed by atoms with E-state index in [2.05, 4.69) is 26.8 Å². The molecule has 1 aromatic rings. The Kier molecular flexibility index (Phi) is 6.22. The second kappa shape index (κ2) is 8.72. The standard InChI is InChI=1S/C21H28F3N3O3/c1-14-13-29-9-8-26(14)16-11-19(25-20(28)12-16)27-7-3-6-18(27)15-4-2-5-17(10-15)30-21(22,23)24/h2,4-5,10,14,16,18-19H,3,6-9,11-13H2,1H3,(H,25,28)/t14-,16?,18?,19?/m1/s1. The zero-order chi connectivity index (χ0) is 21.3. The zero-order valence-corrected chi connectivity index (χ0v) is 17.0. The molecule has 4 atom stereocenters. The molecule has 0 aromatic heterocycles. The number of nitrogens with zero attached hydrogens (tertiary/aromatic N) is 2. The smallest absolute Gasteiger partial charge is 0.406 e. The number of rotatable bonds is 4. The number of amides is 1. The van der Waals surface area contributed by atoms with Crippen molar-refractivity contribution in [2.75, 3.05) is 26.3 Å². The van der Waals surface area contributed by atoms with Gasteiger partial charge in [-0.1, -0.05) is 12.1 Å². The molecule has 3 unspecified atom stereocenters. The van der Waals surface area contributed by atoms with Crippen LogP contribution in [0.15, 0.2) is 24.3 Å². The predicted octanol–water partition coefficient (Wildman–Crippen LogP) is 3.05. The molecule has 3 heterocycles. The van der Waals surface area contributed by atoms with Crippen molar-refractivity contribution in [3.05, 3.63) is 29.8 Å². The number of alkyl halides is 3. The molecule has 0 saturated carbocycles. The van der Waals surface area contributed by atoms with Gasteiger partial charge in [0.2, 0.25) is 5.91 Å². The van der Waals surface area contributed by atoms with Crippen LogP contribution < -0.4 is 10.1 Å². The summed E-state index contributed by atoms with van der Waals surface area (Å²) in [4.78, 5) is 17.1. The number of carbonyl (C=O) groups is 1. The van der Waals surface area contributed by atoms with Crippen LogP contribution in [-0.4, -0.2) is 66.6 Å². The van der Waals surface area contributed by atoms with Crippen LogP contribution >= 0.6 is 0 Å². The summed E-state index contributed by atoms with van der Waals surface area (Å²) in [5, 5.41) is 3.11. The maximum absolute atomic E-state index is 12.6. The monoisotopic (exact) mass is 427 g/mol. The molecule has 1 aromatic carbocycles. The lowest BCUT2D eigenvalue weighted by molar-refractivity contribution is -0.274. The number of morpholine rings is 1. The molecule has 6 nitrogen and oxygen atoms in total. The SMILES string of the molecule is C[C@@H]1COCCN1C1CC(=O)NC(N2CCCC2c2cccc(OC(F)(F)F)c2)C1. The number of hydrogen-bond acceptors (Lipinski definition) is 5. The largest absolute Gasteiger partial charge is 0.573 e. The summed E-state index contributed by atoms with van der Waals surface area (Å²) in [5.41, 5.74) is 0.783. The number of nitrogens with one attached hydrogen (secondary N) is 1. The number of piperidine rings is 1. The number of carbonyl (C=O) groups excluding carboxylic acids is 1. The normalized spacial score (nSPS) is 31.5. The number of ether oxygens (including phenoxy) is 2. The fourth-order valence-electron chi connectivity index (χ4n) is 5.05. The number of hydrogen-bond donors (Lipinski definition) is 1. The molecular weight excluding hydrogens is 399 g/mol. The molecule has 1 N–H and O–H groups in total. The van der Waals surface area contributed by atoms with Gasteiger partial charge in [0.15, 0.2) is 0 Å². The van der Waals surface area contributed by atoms with E-state index in [9.17, 15) is 18.0 Å². The van der Waals surface area contributed by atoms with Crippen LogP contribution in [0.5, 0.6) is 5.75 Å². The quantitative estimate of drug-likeness (QED) is 0.801. The molecule has 166 valence electrons. The summed E-state index contributed by atoms with van der Waals surface area (Å²) in [6.07, 6.45) is -1.82. The van der Waals surface area contributed by atoms with E-state index in [1.54, 1.807) is 6.07 Å². The Bertz CT molecular complexity index is 761. The van der Waals surface area contributed by atoms with Gasteiger partial charge in [-0.05, 0) is 43.9 Å². The molecule has 9 heteroatoms. The van der Waals surface area contributed by atoms with E-state index in [0.29, 0.717) is 19.6 Å². The second-order valence-electron chi connectivity index (χ2n) is 8.35. The van der Waals surface area contributed by atoms with Gasteiger partial charge in [0.05, 0.1) is 19.4 Å². The van der Waals surface area contributed by atoms with Crippen molar-refractivity contribution in [2.24, 2.45) is 0 Å². The molecule has 0 spiro atoms. The number of halogens is 3. The van der Waals surface area contributed by atoms with Crippen molar-refractivity contribution in [3.63, 3.8) is 0 Å². The van der Waals surface area contributed by atoms with Crippen LogP contribution in [0.4, 0.5) is 13.2 Å². The first-order chi connectivity index (χ1) is 14.3. The number of benzene rings is 1. The van der Waals surface area contributed by atoms with Gasteiger partial charge in [0.1, 0.15) is 5.75 Å². The summed E-state index contributed by atoms with van der Waals surface area (Å²) in [7, 11) is 0. The Balaban J connectivity index is 1.50. The minimum absolute atomic E-state index is 0.0229. The average molecular weight is 427 g/mol. The molecule has 3 aliphatic rings. The first kappa shape index (κ1) is 21.4. The van der Waals surface area contributed by atoms with Crippen LogP contribution in [0.3, 0.4) is 0 Å². The Hall–Kier alpha value is -1.84. The second-order valence-corrected chi connectivity index (χ2v) is 8.35. The van der Waals surface area contributed by atoms with Crippen molar-refractivity contribution in [3.8, 4) is 5.75 Å². The molecule has 4 rings (SSSR count). The predicted molar refractivity (Wildman–Crippen MR) is 104 cm³/mol. The van der Waals surface area contributed by atoms with Crippen LogP contribution in [-0.2, 0) is 9.53 Å². The highest BCUT2D eigenvalue weighted by Crippen LogP contribution is 2.37. The first-order valence-corrected chi connectivity index (χ1v) is 10.5. The lowest BCUT2D eigenvalue weighted by Crippen LogP contribution is -2.59. The van der Waals surface area contributed by atoms with E-state index in [1.165, 1.54) is 12.1 Å². The van der Waals surface area contributed by atoms with E-state index in [4.69, 9.17) is 4.74 Å². The van der Waals surface area contributed by atoms with Gasteiger partial charge in [-0.2, -0.15) is 0 Å². The highest BCUT2D eigenvalue weighted by molar-refractivity contribution is 5.77. The van der Waals surface area contributed by atoms with Crippen molar-refractivity contribution >= 4 is 5.91 Å². The summed E-state index contributed by atoms with van der Waals surface area (Å²) in [6.45, 7) is 5.06. The van der Waals surface area contributed by atoms with Gasteiger partial charge in [0.25, 0.3) is 0 Å². The maximum Gasteiger partial charge on any atom is 0.573 e. The maximum atomic E-state index is 12.6. The van der Waals surface area contributed by atoms with Crippen LogP contribution in [0.1, 0.15) is 44.2 Å². The molecule has 0 radical (unpaired) electrons. The Morgan fingerprint density at radius 2 is 2.07 bits per heavy atom. The van der Waals surface area contributed by atoms with Gasteiger partial charge < -0.3 is 14.8 Å². The van der Waals surface area contributed by atoms with Gasteiger partial charge in [-0.3, -0.25) is 14.6 Å². The molecule has 30 heavy (non-hydrogen) atoms. The minimum Gasteiger partial charge on any atom is -0.406 e. The Morgan fingerprint density at radius 3 is 2.83 bits per heavy atom. The van der Waals surface area contributed by atoms with Crippen LogP contribution in [0.2, 0.25) is 0 Å². The molecule has 0 aliphatic carbocycles. The van der Waals surface area contributed by atoms with Gasteiger partial charge in [0, 0.05) is 37.6 Å². The summed E-state index contributed by atoms with van der Waals surface area (Å²) in [5.74, 6) is -0.186. The highest BCUT2D eigenvalue weighted by atomic mass is 19.4. The lowest BCUT2D eigenvalue weighted by Gasteiger charge is -2.45. The summed E-state index contributed by atoms with van der Waals surface area (Å²) >= 11 is 0. The summed E-state index contributed by atoms with van der Waals surface area (Å²) < 4.78 is 47.5. The molecule has 1 amide bonds. The van der Waals surface area contributed by atoms with Gasteiger partial charge in [-0.15, -0.1) is 13.2 Å². The Labute approximate surface area is 174 Å². The Morgan fingerprint density at radius 1 is 1.23 bits per heavy atom. The van der Waals surface area contributed by atoms with Gasteiger partial charge in [-0.25, -0.2) is 0 Å². The summed E-state index contributed by atoms with van der Waals surface area (Å²) in [6, 6.07) is 6.55. The number of likely N-dealkylation sites (tertiary alicyclic amines) is 1. The van der Waals surface area contributed by atoms with Crippen molar-refractivity contribution in [1.82, 2.24) is 15.1 Å². The zero-order valence-electron chi connectivity index (χ0n) is 17.0. The molecule has 3 fully saturated rings. The van der Waals surface area contributed by atoms with E-state index in [0.717, 1.165) is 37.9 Å². The highest BCUT2D eigenvalue weighted by Gasteiger charge is 2.40. The molecule has 0 bridgehead atoms. The fourth-order valence-corrected chi connectivity index (χ4v) is 5.05. The third-order valence-electron chi connectivity index (χ3n) is 6.30. The minimum atomic E-state index is -4.71. The van der Waals surface area contributed by atoms with Crippen molar-refractivity contribution in [1.29, 1.82) is 0 Å². The van der Waals surface area contributed by atoms with Gasteiger partial charge >= 0.3 is 6.36 Å². The van der Waals surface area contributed by atoms with E-state index in [-0.39, 0.29) is 35.9 Å².